The minimum atomic E-state index is -0.929. The lowest BCUT2D eigenvalue weighted by molar-refractivity contribution is -0.197. The van der Waals surface area contributed by atoms with Crippen molar-refractivity contribution in [1.82, 2.24) is 25.9 Å². The van der Waals surface area contributed by atoms with Gasteiger partial charge in [-0.05, 0) is 125 Å². The summed E-state index contributed by atoms with van der Waals surface area (Å²) < 4.78 is 11.0. The van der Waals surface area contributed by atoms with Gasteiger partial charge in [0.25, 0.3) is 0 Å². The number of carbonyl (C=O) groups excluding carboxylic acids is 5. The number of likely N-dealkylation sites (tertiary alicyclic amines) is 1. The van der Waals surface area contributed by atoms with Crippen LogP contribution in [0.2, 0.25) is 0 Å². The van der Waals surface area contributed by atoms with Crippen LogP contribution in [0, 0.1) is 17.8 Å². The Bertz CT molecular complexity index is 1540. The van der Waals surface area contributed by atoms with Crippen LogP contribution in [0.5, 0.6) is 0 Å². The second-order valence-electron chi connectivity index (χ2n) is 18.6. The van der Waals surface area contributed by atoms with Gasteiger partial charge < -0.3 is 35.5 Å². The number of hydrogen-bond donors (Lipinski definition) is 4. The molecule has 320 valence electrons. The first-order valence-electron chi connectivity index (χ1n) is 20.8. The van der Waals surface area contributed by atoms with Gasteiger partial charge in [-0.1, -0.05) is 56.3 Å². The fourth-order valence-electron chi connectivity index (χ4n) is 7.86. The summed E-state index contributed by atoms with van der Waals surface area (Å²) >= 11 is 0. The molecule has 0 bridgehead atoms. The van der Waals surface area contributed by atoms with Gasteiger partial charge in [0, 0.05) is 18.6 Å². The number of benzene rings is 1. The van der Waals surface area contributed by atoms with Gasteiger partial charge in [0.05, 0.1) is 29.5 Å². The Morgan fingerprint density at radius 2 is 1.61 bits per heavy atom. The van der Waals surface area contributed by atoms with E-state index in [4.69, 9.17) is 9.47 Å². The summed E-state index contributed by atoms with van der Waals surface area (Å²) in [5, 5.41) is 20.7. The van der Waals surface area contributed by atoms with Gasteiger partial charge in [-0.3, -0.25) is 14.4 Å². The van der Waals surface area contributed by atoms with E-state index < -0.39 is 52.7 Å². The molecule has 0 aromatic heterocycles. The monoisotopic (exact) mass is 798 g/mol. The van der Waals surface area contributed by atoms with Gasteiger partial charge in [-0.15, -0.1) is 0 Å². The molecule has 13 nitrogen and oxygen atoms in total. The first-order chi connectivity index (χ1) is 26.5. The topological polar surface area (TPSA) is 167 Å². The van der Waals surface area contributed by atoms with Crippen molar-refractivity contribution in [3.63, 3.8) is 0 Å². The second-order valence-corrected chi connectivity index (χ2v) is 18.6. The number of unbranched alkanes of at least 4 members (excludes halogenated alkanes) is 1. The number of alkyl carbamates (subject to hydrolysis) is 1. The maximum Gasteiger partial charge on any atom is 0.408 e. The molecule has 0 saturated carbocycles. The molecule has 57 heavy (non-hydrogen) atoms. The highest BCUT2D eigenvalue weighted by Crippen LogP contribution is 2.43. The summed E-state index contributed by atoms with van der Waals surface area (Å²) in [6.45, 7) is 21.3. The van der Waals surface area contributed by atoms with Crippen LogP contribution in [0.4, 0.5) is 4.79 Å². The van der Waals surface area contributed by atoms with E-state index in [1.165, 1.54) is 5.06 Å². The quantitative estimate of drug-likeness (QED) is 0.0755. The summed E-state index contributed by atoms with van der Waals surface area (Å²) in [6.07, 6.45) is 6.79. The molecule has 0 aliphatic carbocycles. The number of amides is 4. The summed E-state index contributed by atoms with van der Waals surface area (Å²) in [5.41, 5.74) is -0.944. The van der Waals surface area contributed by atoms with E-state index in [9.17, 15) is 29.2 Å². The van der Waals surface area contributed by atoms with Gasteiger partial charge in [0.15, 0.2) is 0 Å². The van der Waals surface area contributed by atoms with Crippen molar-refractivity contribution in [2.24, 2.45) is 17.8 Å². The number of nitrogens with zero attached hydrogens (tertiary/aromatic N) is 2. The van der Waals surface area contributed by atoms with Crippen LogP contribution in [0.3, 0.4) is 0 Å². The standard InChI is InChI=1S/C44H71N5O8/c1-29(2)26-33(46-41(54)57-42(5,6)7)23-22-32(27-31-18-13-12-14-19-31)39(52)48-25-17-21-36(48)38(51)47-35(40(53)56-30(3)4)20-15-16-24-45-37(50)34-28-43(8,9)49(55)44(34,10)11/h12-14,18-19,22-23,29-30,32-36,55H,15-17,20-21,24-28H2,1-11H3,(H,45,50)(H,46,54)(H,47,51)/b23-22+/t32-,33-,34?,35+,36+/m1/s1. The molecule has 2 heterocycles. The lowest BCUT2D eigenvalue weighted by Crippen LogP contribution is -2.52. The smallest absolute Gasteiger partial charge is 0.408 e. The van der Waals surface area contributed by atoms with Crippen LogP contribution in [-0.4, -0.2) is 99.0 Å². The van der Waals surface area contributed by atoms with Gasteiger partial charge in [0.1, 0.15) is 17.7 Å². The molecular formula is C44H71N5O8. The Morgan fingerprint density at radius 3 is 2.19 bits per heavy atom. The Hall–Kier alpha value is -3.97. The van der Waals surface area contributed by atoms with Crippen molar-refractivity contribution >= 4 is 29.8 Å². The first kappa shape index (κ1) is 47.4. The van der Waals surface area contributed by atoms with Crippen LogP contribution in [-0.2, 0) is 35.1 Å². The zero-order chi connectivity index (χ0) is 42.7. The van der Waals surface area contributed by atoms with Crippen molar-refractivity contribution in [2.75, 3.05) is 13.1 Å². The molecule has 2 fully saturated rings. The molecular weight excluding hydrogens is 727 g/mol. The number of esters is 1. The van der Waals surface area contributed by atoms with Gasteiger partial charge in [-0.2, -0.15) is 5.06 Å². The molecule has 4 N–H and O–H groups in total. The van der Waals surface area contributed by atoms with E-state index in [1.807, 2.05) is 70.2 Å². The fourth-order valence-corrected chi connectivity index (χ4v) is 7.86. The predicted octanol–water partition coefficient (Wildman–Crippen LogP) is 6.32. The number of ether oxygens (including phenoxy) is 2. The summed E-state index contributed by atoms with van der Waals surface area (Å²) in [6, 6.07) is 7.60. The third-order valence-corrected chi connectivity index (χ3v) is 10.6. The molecule has 2 aliphatic rings. The third-order valence-electron chi connectivity index (χ3n) is 10.6. The van der Waals surface area contributed by atoms with Crippen molar-refractivity contribution in [3.05, 3.63) is 48.0 Å². The van der Waals surface area contributed by atoms with E-state index in [2.05, 4.69) is 29.8 Å². The maximum absolute atomic E-state index is 14.4. The van der Waals surface area contributed by atoms with Gasteiger partial charge in [-0.25, -0.2) is 9.59 Å². The van der Waals surface area contributed by atoms with Crippen LogP contribution >= 0.6 is 0 Å². The van der Waals surface area contributed by atoms with Gasteiger partial charge >= 0.3 is 12.1 Å². The molecule has 1 aromatic carbocycles. The van der Waals surface area contributed by atoms with Gasteiger partial charge in [0.2, 0.25) is 17.7 Å². The Labute approximate surface area is 341 Å². The van der Waals surface area contributed by atoms with Crippen LogP contribution in [0.1, 0.15) is 127 Å². The Morgan fingerprint density at radius 1 is 0.947 bits per heavy atom. The van der Waals surface area contributed by atoms with E-state index in [0.717, 1.165) is 5.56 Å². The van der Waals surface area contributed by atoms with E-state index in [1.54, 1.807) is 39.5 Å². The molecule has 13 heteroatoms. The highest BCUT2D eigenvalue weighted by atomic mass is 16.6. The molecule has 5 atom stereocenters. The number of nitrogens with one attached hydrogen (secondary N) is 3. The second kappa shape index (κ2) is 20.6. The van der Waals surface area contributed by atoms with Crippen molar-refractivity contribution in [1.29, 1.82) is 0 Å². The maximum atomic E-state index is 14.4. The minimum Gasteiger partial charge on any atom is -0.461 e. The molecule has 1 aromatic rings. The predicted molar refractivity (Wildman–Crippen MR) is 220 cm³/mol. The number of carbonyl (C=O) groups is 5. The van der Waals surface area contributed by atoms with Crippen molar-refractivity contribution in [2.45, 2.75) is 168 Å². The first-order valence-corrected chi connectivity index (χ1v) is 20.8. The molecule has 3 rings (SSSR count). The average Bonchev–Trinajstić information content (AvgIpc) is 3.65. The van der Waals surface area contributed by atoms with Crippen LogP contribution in [0.15, 0.2) is 42.5 Å². The molecule has 0 spiro atoms. The normalized spacial score (nSPS) is 21.0. The molecule has 0 radical (unpaired) electrons. The largest absolute Gasteiger partial charge is 0.461 e. The van der Waals surface area contributed by atoms with Crippen LogP contribution < -0.4 is 16.0 Å². The molecule has 2 saturated heterocycles. The number of hydrogen-bond acceptors (Lipinski definition) is 9. The number of rotatable bonds is 18. The minimum absolute atomic E-state index is 0.130. The van der Waals surface area contributed by atoms with Crippen molar-refractivity contribution < 1.29 is 38.7 Å². The third kappa shape index (κ3) is 14.4. The Balaban J connectivity index is 1.72. The summed E-state index contributed by atoms with van der Waals surface area (Å²) in [5.74, 6) is -2.04. The van der Waals surface area contributed by atoms with Crippen LogP contribution in [0.25, 0.3) is 0 Å². The average molecular weight is 798 g/mol. The lowest BCUT2D eigenvalue weighted by Gasteiger charge is -2.35. The highest BCUT2D eigenvalue weighted by Gasteiger charge is 2.54. The molecule has 1 unspecified atom stereocenters. The molecule has 4 amide bonds. The van der Waals surface area contributed by atoms with E-state index in [-0.39, 0.29) is 35.8 Å². The number of hydroxylamine groups is 2. The summed E-state index contributed by atoms with van der Waals surface area (Å²) in [4.78, 5) is 69.1. The SMILES string of the molecule is CC(C)C[C@@H](/C=C/[C@H](Cc1ccccc1)C(=O)N1CCC[C@H]1C(=O)N[C@@H](CCCCNC(=O)C1CC(C)(C)N(O)C1(C)C)C(=O)OC(C)C)NC(=O)OC(C)(C)C. The summed E-state index contributed by atoms with van der Waals surface area (Å²) in [7, 11) is 0. The van der Waals surface area contributed by atoms with E-state index >= 15 is 0 Å². The zero-order valence-corrected chi connectivity index (χ0v) is 36.4. The van der Waals surface area contributed by atoms with Crippen molar-refractivity contribution in [3.8, 4) is 0 Å². The zero-order valence-electron chi connectivity index (χ0n) is 36.4. The molecule has 2 aliphatic heterocycles. The lowest BCUT2D eigenvalue weighted by atomic mass is 9.86. The fraction of sp³-hybridized carbons (Fsp3) is 0.705. The Kier molecular flexibility index (Phi) is 17.2. The van der Waals surface area contributed by atoms with E-state index in [0.29, 0.717) is 64.5 Å². The highest BCUT2D eigenvalue weighted by molar-refractivity contribution is 5.92.